The van der Waals surface area contributed by atoms with Gasteiger partial charge in [-0.15, -0.1) is 0 Å². The quantitative estimate of drug-likeness (QED) is 0.108. The van der Waals surface area contributed by atoms with Crippen LogP contribution in [0.1, 0.15) is 0 Å². The third-order valence-electron chi connectivity index (χ3n) is 21.7. The van der Waals surface area contributed by atoms with Crippen molar-refractivity contribution in [3.8, 4) is 168 Å². The molecule has 0 saturated heterocycles. The van der Waals surface area contributed by atoms with E-state index < -0.39 is 16.1 Å². The standard InChI is InChI=1S/C53H39N3Si.C48H36N2Si/c1-57(2)48-27-10-9-25-47(48)50-46(26-14-28-49(50)57)44-23-12-22-43(34-44)42-21-11-19-40(33-42)37-29-31-39(32-30-37)52-54-51(38-17-7-4-8-18-38)55-53(56-52)45-24-13-20-41(35-45)36-15-5-3-6-16-36;1-51(2)45-18-10-9-16-42(45)47-41(17-11-19-46(47)51)37-28-24-35(25-29-37)33-20-22-34(23-21-33)36-26-30-39(31-27-36)44-32-43(38-12-5-3-6-13-38)49-48(50-44)40-14-7-4-8-15-40/h3-35H,1-2H3;3-32H,1-2H3. The molecule has 0 bridgehead atoms. The second-order valence-corrected chi connectivity index (χ2v) is 37.7. The van der Waals surface area contributed by atoms with E-state index in [-0.39, 0.29) is 0 Å². The lowest BCUT2D eigenvalue weighted by atomic mass is 9.92. The summed E-state index contributed by atoms with van der Waals surface area (Å²) in [5, 5.41) is 6.14. The highest BCUT2D eigenvalue weighted by atomic mass is 28.3. The predicted octanol–water partition coefficient (Wildman–Crippen LogP) is 23.6. The smallest absolute Gasteiger partial charge is 0.164 e. The number of fused-ring (bicyclic) bond motifs is 6. The SMILES string of the molecule is C[Si]1(C)c2ccccc2-c2c(-c3ccc(-c4ccc(-c5ccc(-c6cc(-c7ccccc7)nc(-c7ccccc7)n6)cc5)cc4)cc3)cccc21.C[Si]1(C)c2ccccc2-c2c(-c3cccc(-c4cccc(-c5ccc(-c6nc(-c7ccccc7)nc(-c7cccc(-c8ccccc8)c7)n6)cc5)c4)c3)cccc21. The highest BCUT2D eigenvalue weighted by molar-refractivity contribution is 7.04. The molecule has 5 nitrogen and oxygen atoms in total. The fraction of sp³-hybridized carbons (Fsp3) is 0.0396. The molecule has 0 N–H and O–H groups in total. The maximum absolute atomic E-state index is 5.05. The molecular formula is C101H75N5Si2. The molecule has 0 radical (unpaired) electrons. The fourth-order valence-electron chi connectivity index (χ4n) is 16.0. The molecule has 512 valence electrons. The summed E-state index contributed by atoms with van der Waals surface area (Å²) in [5.41, 5.74) is 30.4. The highest BCUT2D eigenvalue weighted by Crippen LogP contribution is 2.41. The summed E-state index contributed by atoms with van der Waals surface area (Å²) in [6, 6.07) is 137. The molecule has 2 aromatic heterocycles. The van der Waals surface area contributed by atoms with Gasteiger partial charge >= 0.3 is 0 Å². The maximum atomic E-state index is 5.05. The molecule has 0 saturated carbocycles. The molecule has 17 aromatic rings. The number of rotatable bonds is 13. The van der Waals surface area contributed by atoms with Crippen LogP contribution in [0.25, 0.3) is 168 Å². The van der Waals surface area contributed by atoms with Crippen molar-refractivity contribution < 1.29 is 0 Å². The van der Waals surface area contributed by atoms with Gasteiger partial charge in [-0.1, -0.05) is 384 Å². The fourth-order valence-corrected chi connectivity index (χ4v) is 22.1. The molecule has 2 aliphatic rings. The molecule has 0 unspecified atom stereocenters. The summed E-state index contributed by atoms with van der Waals surface area (Å²) in [5.74, 6) is 2.66. The van der Waals surface area contributed by atoms with Gasteiger partial charge in [0.15, 0.2) is 23.3 Å². The molecular weight excluding hydrogens is 1340 g/mol. The number of aromatic nitrogens is 5. The van der Waals surface area contributed by atoms with Crippen LogP contribution in [0.5, 0.6) is 0 Å². The molecule has 19 rings (SSSR count). The molecule has 15 aromatic carbocycles. The van der Waals surface area contributed by atoms with Gasteiger partial charge in [0.25, 0.3) is 0 Å². The van der Waals surface area contributed by atoms with Gasteiger partial charge in [-0.25, -0.2) is 24.9 Å². The van der Waals surface area contributed by atoms with Crippen LogP contribution in [-0.4, -0.2) is 41.1 Å². The van der Waals surface area contributed by atoms with E-state index in [1.165, 1.54) is 88.3 Å². The minimum absolute atomic E-state index is 0.641. The van der Waals surface area contributed by atoms with Gasteiger partial charge in [-0.2, -0.15) is 0 Å². The molecule has 108 heavy (non-hydrogen) atoms. The molecule has 0 amide bonds. The average molecular weight is 1410 g/mol. The second kappa shape index (κ2) is 28.4. The zero-order chi connectivity index (χ0) is 72.7. The Hall–Kier alpha value is -13.2. The normalized spacial score (nSPS) is 12.6. The Bertz CT molecular complexity index is 6130. The van der Waals surface area contributed by atoms with E-state index in [9.17, 15) is 0 Å². The van der Waals surface area contributed by atoms with E-state index in [1.54, 1.807) is 10.4 Å². The first-order valence-electron chi connectivity index (χ1n) is 37.1. The van der Waals surface area contributed by atoms with Crippen molar-refractivity contribution >= 4 is 36.9 Å². The lowest BCUT2D eigenvalue weighted by molar-refractivity contribution is 1.07. The Morgan fingerprint density at radius 3 is 0.852 bits per heavy atom. The van der Waals surface area contributed by atoms with Crippen LogP contribution in [-0.2, 0) is 0 Å². The van der Waals surface area contributed by atoms with Crippen LogP contribution in [0.4, 0.5) is 0 Å². The number of hydrogen-bond acceptors (Lipinski definition) is 5. The van der Waals surface area contributed by atoms with E-state index in [2.05, 4.69) is 336 Å². The van der Waals surface area contributed by atoms with Crippen molar-refractivity contribution in [2.24, 2.45) is 0 Å². The minimum atomic E-state index is -1.76. The zero-order valence-corrected chi connectivity index (χ0v) is 62.6. The van der Waals surface area contributed by atoms with Gasteiger partial charge in [0.2, 0.25) is 0 Å². The first kappa shape index (κ1) is 66.8. The van der Waals surface area contributed by atoms with E-state index in [4.69, 9.17) is 24.9 Å². The van der Waals surface area contributed by atoms with Gasteiger partial charge in [-0.3, -0.25) is 0 Å². The lowest BCUT2D eigenvalue weighted by Gasteiger charge is -2.19. The third kappa shape index (κ3) is 12.8. The maximum Gasteiger partial charge on any atom is 0.164 e. The van der Waals surface area contributed by atoms with Crippen molar-refractivity contribution in [1.29, 1.82) is 0 Å². The van der Waals surface area contributed by atoms with Crippen molar-refractivity contribution in [1.82, 2.24) is 24.9 Å². The van der Waals surface area contributed by atoms with Gasteiger partial charge in [0.05, 0.1) is 11.4 Å². The molecule has 0 fully saturated rings. The van der Waals surface area contributed by atoms with E-state index >= 15 is 0 Å². The summed E-state index contributed by atoms with van der Waals surface area (Å²) >= 11 is 0. The van der Waals surface area contributed by atoms with Crippen molar-refractivity contribution in [2.75, 3.05) is 0 Å². The van der Waals surface area contributed by atoms with E-state index in [0.717, 1.165) is 72.8 Å². The van der Waals surface area contributed by atoms with E-state index in [1.807, 2.05) is 72.8 Å². The van der Waals surface area contributed by atoms with Crippen LogP contribution < -0.4 is 20.7 Å². The largest absolute Gasteiger partial charge is 0.228 e. The summed E-state index contributed by atoms with van der Waals surface area (Å²) in [6.07, 6.45) is 0. The first-order chi connectivity index (χ1) is 53.0. The second-order valence-electron chi connectivity index (χ2n) is 29.1. The minimum Gasteiger partial charge on any atom is -0.228 e. The number of benzene rings is 15. The van der Waals surface area contributed by atoms with Gasteiger partial charge < -0.3 is 0 Å². The van der Waals surface area contributed by atoms with Gasteiger partial charge in [0.1, 0.15) is 16.1 Å². The van der Waals surface area contributed by atoms with Crippen LogP contribution >= 0.6 is 0 Å². The Balaban J connectivity index is 0.000000153. The summed E-state index contributed by atoms with van der Waals surface area (Å²) < 4.78 is 0. The van der Waals surface area contributed by atoms with Crippen LogP contribution in [0, 0.1) is 0 Å². The molecule has 2 aliphatic heterocycles. The van der Waals surface area contributed by atoms with Crippen molar-refractivity contribution in [2.45, 2.75) is 26.2 Å². The number of hydrogen-bond donors (Lipinski definition) is 0. The van der Waals surface area contributed by atoms with Gasteiger partial charge in [0, 0.05) is 33.4 Å². The Morgan fingerprint density at radius 1 is 0.157 bits per heavy atom. The Labute approximate surface area is 634 Å². The Morgan fingerprint density at radius 2 is 0.398 bits per heavy atom. The zero-order valence-electron chi connectivity index (χ0n) is 60.6. The highest BCUT2D eigenvalue weighted by Gasteiger charge is 2.40. The molecule has 0 atom stereocenters. The van der Waals surface area contributed by atoms with Crippen LogP contribution in [0.3, 0.4) is 0 Å². The lowest BCUT2D eigenvalue weighted by Crippen LogP contribution is -2.49. The molecule has 7 heteroatoms. The molecule has 0 aliphatic carbocycles. The molecule has 4 heterocycles. The van der Waals surface area contributed by atoms with Crippen LogP contribution in [0.15, 0.2) is 382 Å². The van der Waals surface area contributed by atoms with Crippen molar-refractivity contribution in [3.05, 3.63) is 382 Å². The first-order valence-corrected chi connectivity index (χ1v) is 43.1. The van der Waals surface area contributed by atoms with Gasteiger partial charge in [-0.05, 0) is 145 Å². The van der Waals surface area contributed by atoms with E-state index in [0.29, 0.717) is 17.5 Å². The number of nitrogens with zero attached hydrogens (tertiary/aromatic N) is 5. The summed E-state index contributed by atoms with van der Waals surface area (Å²) in [4.78, 5) is 24.9. The topological polar surface area (TPSA) is 64.5 Å². The van der Waals surface area contributed by atoms with Crippen molar-refractivity contribution in [3.63, 3.8) is 0 Å². The average Bonchev–Trinajstić information content (AvgIpc) is 1.58. The van der Waals surface area contributed by atoms with Crippen LogP contribution in [0.2, 0.25) is 26.2 Å². The molecule has 0 spiro atoms. The predicted molar refractivity (Wildman–Crippen MR) is 457 cm³/mol. The third-order valence-corrected chi connectivity index (χ3v) is 28.8. The summed E-state index contributed by atoms with van der Waals surface area (Å²) in [7, 11) is -3.46. The monoisotopic (exact) mass is 1410 g/mol. The Kier molecular flexibility index (Phi) is 17.5. The summed E-state index contributed by atoms with van der Waals surface area (Å²) in [6.45, 7) is 9.91.